The zero-order valence-electron chi connectivity index (χ0n) is 11.0. The highest BCUT2D eigenvalue weighted by Crippen LogP contribution is 2.48. The highest BCUT2D eigenvalue weighted by atomic mass is 15.2. The van der Waals surface area contributed by atoms with Crippen LogP contribution >= 0.6 is 0 Å². The van der Waals surface area contributed by atoms with Crippen LogP contribution in [0.3, 0.4) is 0 Å². The third-order valence-corrected chi connectivity index (χ3v) is 4.19. The van der Waals surface area contributed by atoms with E-state index < -0.39 is 0 Å². The Kier molecular flexibility index (Phi) is 2.95. The number of hydrogen-bond acceptors (Lipinski definition) is 2. The van der Waals surface area contributed by atoms with Gasteiger partial charge in [-0.15, -0.1) is 0 Å². The molecule has 94 valence electrons. The fourth-order valence-corrected chi connectivity index (χ4v) is 3.26. The Morgan fingerprint density at radius 3 is 3.06 bits per heavy atom. The summed E-state index contributed by atoms with van der Waals surface area (Å²) in [5.74, 6) is 2.25. The van der Waals surface area contributed by atoms with E-state index in [0.717, 1.165) is 37.9 Å². The molecular formula is C14H23N3. The molecule has 2 aliphatic rings. The van der Waals surface area contributed by atoms with Gasteiger partial charge >= 0.3 is 0 Å². The first-order valence-corrected chi connectivity index (χ1v) is 7.14. The monoisotopic (exact) mass is 233 g/mol. The second kappa shape index (κ2) is 4.45. The summed E-state index contributed by atoms with van der Waals surface area (Å²) < 4.78 is 2.59. The van der Waals surface area contributed by atoms with Crippen molar-refractivity contribution in [3.8, 4) is 0 Å². The lowest BCUT2D eigenvalue weighted by Gasteiger charge is -2.16. The van der Waals surface area contributed by atoms with Crippen LogP contribution in [0, 0.1) is 5.92 Å². The molecule has 17 heavy (non-hydrogen) atoms. The van der Waals surface area contributed by atoms with Gasteiger partial charge in [0.15, 0.2) is 0 Å². The molecule has 1 fully saturated rings. The highest BCUT2D eigenvalue weighted by Gasteiger charge is 2.40. The van der Waals surface area contributed by atoms with E-state index in [9.17, 15) is 0 Å². The first-order chi connectivity index (χ1) is 8.35. The van der Waals surface area contributed by atoms with Gasteiger partial charge in [0.2, 0.25) is 0 Å². The fourth-order valence-electron chi connectivity index (χ4n) is 3.26. The number of fused-ring (bicyclic) bond motifs is 1. The molecule has 2 atom stereocenters. The van der Waals surface area contributed by atoms with E-state index in [1.807, 2.05) is 0 Å². The summed E-state index contributed by atoms with van der Waals surface area (Å²) in [6.07, 6.45) is 6.33. The van der Waals surface area contributed by atoms with Crippen LogP contribution in [-0.2, 0) is 19.4 Å². The van der Waals surface area contributed by atoms with Gasteiger partial charge in [-0.3, -0.25) is 0 Å². The molecule has 3 nitrogen and oxygen atoms in total. The second-order valence-corrected chi connectivity index (χ2v) is 5.42. The molecule has 1 aliphatic carbocycles. The van der Waals surface area contributed by atoms with E-state index in [1.54, 1.807) is 0 Å². The minimum atomic E-state index is 0.777. The minimum absolute atomic E-state index is 0.777. The van der Waals surface area contributed by atoms with Gasteiger partial charge < -0.3 is 9.88 Å². The van der Waals surface area contributed by atoms with Gasteiger partial charge in [-0.2, -0.15) is 0 Å². The van der Waals surface area contributed by atoms with E-state index in [2.05, 4.69) is 23.7 Å². The minimum Gasteiger partial charge on any atom is -0.328 e. The Morgan fingerprint density at radius 2 is 2.29 bits per heavy atom. The largest absolute Gasteiger partial charge is 0.328 e. The van der Waals surface area contributed by atoms with E-state index >= 15 is 0 Å². The normalized spacial score (nSPS) is 26.9. The van der Waals surface area contributed by atoms with Crippen molar-refractivity contribution in [3.05, 3.63) is 17.2 Å². The quantitative estimate of drug-likeness (QED) is 0.865. The van der Waals surface area contributed by atoms with Crippen molar-refractivity contribution >= 4 is 0 Å². The summed E-state index contributed by atoms with van der Waals surface area (Å²) in [5.41, 5.74) is 2.85. The molecule has 1 aromatic heterocycles. The maximum Gasteiger partial charge on any atom is 0.109 e. The lowest BCUT2D eigenvalue weighted by Crippen LogP contribution is -2.25. The molecule has 2 unspecified atom stereocenters. The van der Waals surface area contributed by atoms with Crippen LogP contribution in [0.4, 0.5) is 0 Å². The number of rotatable bonds is 4. The fraction of sp³-hybridized carbons (Fsp3) is 0.786. The van der Waals surface area contributed by atoms with Crippen molar-refractivity contribution in [1.82, 2.24) is 14.9 Å². The molecule has 0 aromatic carbocycles. The zero-order valence-corrected chi connectivity index (χ0v) is 11.0. The predicted molar refractivity (Wildman–Crippen MR) is 69.1 cm³/mol. The predicted octanol–water partition coefficient (Wildman–Crippen LogP) is 2.45. The number of aromatic nitrogens is 2. The summed E-state index contributed by atoms with van der Waals surface area (Å²) in [6, 6.07) is 0.777. The molecule has 1 saturated carbocycles. The average molecular weight is 233 g/mol. The molecular weight excluding hydrogens is 210 g/mol. The molecule has 0 saturated heterocycles. The Bertz CT molecular complexity index is 408. The molecule has 0 amide bonds. The van der Waals surface area contributed by atoms with Gasteiger partial charge in [0.05, 0.1) is 5.69 Å². The Hall–Kier alpha value is -0.830. The first kappa shape index (κ1) is 11.3. The van der Waals surface area contributed by atoms with Crippen LogP contribution in [-0.4, -0.2) is 16.1 Å². The first-order valence-electron chi connectivity index (χ1n) is 7.14. The Labute approximate surface area is 104 Å². The smallest absolute Gasteiger partial charge is 0.109 e. The SMILES string of the molecule is CCCC1CC1n1c(CC)nc2c1CCNC2. The summed E-state index contributed by atoms with van der Waals surface area (Å²) in [5, 5.41) is 3.43. The number of hydrogen-bond donors (Lipinski definition) is 1. The number of nitrogens with zero attached hydrogens (tertiary/aromatic N) is 2. The third-order valence-electron chi connectivity index (χ3n) is 4.19. The van der Waals surface area contributed by atoms with Crippen molar-refractivity contribution in [2.45, 2.75) is 58.5 Å². The molecule has 3 heteroatoms. The van der Waals surface area contributed by atoms with E-state index in [1.165, 1.54) is 36.5 Å². The van der Waals surface area contributed by atoms with E-state index in [-0.39, 0.29) is 0 Å². The summed E-state index contributed by atoms with van der Waals surface area (Å²) in [4.78, 5) is 4.83. The average Bonchev–Trinajstić information content (AvgIpc) is 3.00. The van der Waals surface area contributed by atoms with Crippen molar-refractivity contribution in [2.75, 3.05) is 6.54 Å². The van der Waals surface area contributed by atoms with Crippen LogP contribution in [0.2, 0.25) is 0 Å². The van der Waals surface area contributed by atoms with Crippen LogP contribution in [0.5, 0.6) is 0 Å². The lowest BCUT2D eigenvalue weighted by atomic mass is 10.1. The maximum atomic E-state index is 4.83. The molecule has 2 heterocycles. The van der Waals surface area contributed by atoms with Gasteiger partial charge in [-0.05, 0) is 18.8 Å². The number of nitrogens with one attached hydrogen (secondary N) is 1. The molecule has 3 rings (SSSR count). The number of imidazole rings is 1. The second-order valence-electron chi connectivity index (χ2n) is 5.42. The summed E-state index contributed by atoms with van der Waals surface area (Å²) in [6.45, 7) is 6.62. The van der Waals surface area contributed by atoms with Crippen molar-refractivity contribution < 1.29 is 0 Å². The summed E-state index contributed by atoms with van der Waals surface area (Å²) in [7, 11) is 0. The van der Waals surface area contributed by atoms with Crippen molar-refractivity contribution in [3.63, 3.8) is 0 Å². The maximum absolute atomic E-state index is 4.83. The zero-order chi connectivity index (χ0) is 11.8. The van der Waals surface area contributed by atoms with Crippen LogP contribution in [0.25, 0.3) is 0 Å². The molecule has 0 radical (unpaired) electrons. The Balaban J connectivity index is 1.89. The molecule has 1 aromatic rings. The lowest BCUT2D eigenvalue weighted by molar-refractivity contribution is 0.549. The highest BCUT2D eigenvalue weighted by molar-refractivity contribution is 5.23. The van der Waals surface area contributed by atoms with Crippen LogP contribution in [0.15, 0.2) is 0 Å². The van der Waals surface area contributed by atoms with Gasteiger partial charge in [0.25, 0.3) is 0 Å². The van der Waals surface area contributed by atoms with Gasteiger partial charge in [0, 0.05) is 37.7 Å². The molecule has 0 bridgehead atoms. The van der Waals surface area contributed by atoms with E-state index in [4.69, 9.17) is 4.98 Å². The molecule has 0 spiro atoms. The van der Waals surface area contributed by atoms with Crippen molar-refractivity contribution in [2.24, 2.45) is 5.92 Å². The topological polar surface area (TPSA) is 29.9 Å². The molecule has 1 aliphatic heterocycles. The van der Waals surface area contributed by atoms with Crippen LogP contribution in [0.1, 0.15) is 56.4 Å². The Morgan fingerprint density at radius 1 is 1.41 bits per heavy atom. The van der Waals surface area contributed by atoms with Gasteiger partial charge in [-0.1, -0.05) is 20.3 Å². The third kappa shape index (κ3) is 1.90. The van der Waals surface area contributed by atoms with E-state index in [0.29, 0.717) is 0 Å². The van der Waals surface area contributed by atoms with Crippen LogP contribution < -0.4 is 5.32 Å². The molecule has 1 N–H and O–H groups in total. The van der Waals surface area contributed by atoms with Gasteiger partial charge in [-0.25, -0.2) is 4.98 Å². The standard InChI is InChI=1S/C14H23N3/c1-3-5-10-8-13(10)17-12-6-7-15-9-11(12)16-14(17)4-2/h10,13,15H,3-9H2,1-2H3. The number of aryl methyl sites for hydroxylation is 1. The van der Waals surface area contributed by atoms with Gasteiger partial charge in [0.1, 0.15) is 5.82 Å². The summed E-state index contributed by atoms with van der Waals surface area (Å²) >= 11 is 0. The van der Waals surface area contributed by atoms with Crippen molar-refractivity contribution in [1.29, 1.82) is 0 Å².